The Morgan fingerprint density at radius 2 is 1.32 bits per heavy atom. The molecule has 3 unspecified atom stereocenters. The zero-order valence-corrected chi connectivity index (χ0v) is 22.4. The van der Waals surface area contributed by atoms with Gasteiger partial charge in [-0.1, -0.05) is 109 Å². The molecule has 0 aliphatic carbocycles. The number of thiophene rings is 1. The summed E-state index contributed by atoms with van der Waals surface area (Å²) in [7, 11) is 0. The van der Waals surface area contributed by atoms with Crippen LogP contribution in [-0.2, 0) is 0 Å². The van der Waals surface area contributed by atoms with Gasteiger partial charge in [-0.3, -0.25) is 4.57 Å². The van der Waals surface area contributed by atoms with Gasteiger partial charge < -0.3 is 0 Å². The highest BCUT2D eigenvalue weighted by atomic mass is 32.1. The van der Waals surface area contributed by atoms with E-state index in [9.17, 15) is 0 Å². The SMILES string of the molecule is c1ccc(-c2ccc(C3N4C(n5c6ccccc6c6c7sccc7ccc65)=NC(c5ccccc5)N34)cc2)cc1. The molecule has 4 heterocycles. The van der Waals surface area contributed by atoms with Crippen LogP contribution in [0.1, 0.15) is 23.5 Å². The van der Waals surface area contributed by atoms with E-state index in [0.717, 1.165) is 5.96 Å². The number of nitrogens with zero attached hydrogens (tertiary/aromatic N) is 4. The highest BCUT2D eigenvalue weighted by molar-refractivity contribution is 7.18. The lowest BCUT2D eigenvalue weighted by Gasteiger charge is -2.13. The average Bonchev–Trinajstić information content (AvgIpc) is 3.30. The van der Waals surface area contributed by atoms with Crippen molar-refractivity contribution in [1.82, 2.24) is 14.6 Å². The average molecular weight is 533 g/mol. The number of benzene rings is 5. The molecule has 3 atom stereocenters. The van der Waals surface area contributed by atoms with Crippen LogP contribution in [0.25, 0.3) is 43.0 Å². The summed E-state index contributed by atoms with van der Waals surface area (Å²) >= 11 is 1.82. The molecule has 2 aliphatic rings. The molecule has 0 amide bonds. The van der Waals surface area contributed by atoms with E-state index in [2.05, 4.69) is 147 Å². The van der Waals surface area contributed by atoms with Crippen LogP contribution in [0.4, 0.5) is 0 Å². The fourth-order valence-electron chi connectivity index (χ4n) is 6.36. The maximum absolute atomic E-state index is 5.38. The molecular formula is C35H24N4S. The molecule has 5 aromatic carbocycles. The maximum atomic E-state index is 5.38. The molecule has 0 radical (unpaired) electrons. The first-order valence-corrected chi connectivity index (χ1v) is 14.5. The van der Waals surface area contributed by atoms with E-state index in [1.165, 1.54) is 54.1 Å². The van der Waals surface area contributed by atoms with Gasteiger partial charge in [0.1, 0.15) is 6.17 Å². The first kappa shape index (κ1) is 22.1. The standard InChI is InChI=1S/C35H24N4S/c1-3-9-23(10-4-1)24-15-17-27(18-16-24)34-38-33(26-11-5-2-6-12-26)36-35(39(34)38)37-29-14-8-7-13-28(29)31-30(37)20-19-25-21-22-40-32(25)31/h1-22,33-34H. The van der Waals surface area contributed by atoms with Gasteiger partial charge >= 0.3 is 0 Å². The van der Waals surface area contributed by atoms with Gasteiger partial charge in [0.15, 0.2) is 6.17 Å². The lowest BCUT2D eigenvalue weighted by atomic mass is 10.0. The second-order valence-electron chi connectivity index (χ2n) is 10.5. The molecule has 2 aromatic heterocycles. The van der Waals surface area contributed by atoms with Crippen molar-refractivity contribution in [3.05, 3.63) is 144 Å². The van der Waals surface area contributed by atoms with E-state index in [1.807, 2.05) is 11.3 Å². The van der Waals surface area contributed by atoms with Crippen molar-refractivity contribution in [2.75, 3.05) is 0 Å². The van der Waals surface area contributed by atoms with Gasteiger partial charge in [0.2, 0.25) is 5.96 Å². The maximum Gasteiger partial charge on any atom is 0.224 e. The van der Waals surface area contributed by atoms with Gasteiger partial charge in [-0.2, -0.15) is 5.01 Å². The Morgan fingerprint density at radius 1 is 0.600 bits per heavy atom. The zero-order valence-electron chi connectivity index (χ0n) is 21.6. The summed E-state index contributed by atoms with van der Waals surface area (Å²) in [6, 6.07) is 45.7. The Balaban J connectivity index is 1.21. The van der Waals surface area contributed by atoms with Crippen LogP contribution in [0.2, 0.25) is 0 Å². The number of para-hydroxylation sites is 1. The minimum absolute atomic E-state index is 0.0725. The summed E-state index contributed by atoms with van der Waals surface area (Å²) in [6.45, 7) is 0. The van der Waals surface area contributed by atoms with Crippen LogP contribution in [0, 0.1) is 0 Å². The summed E-state index contributed by atoms with van der Waals surface area (Å²) in [4.78, 5) is 5.38. The zero-order chi connectivity index (χ0) is 26.2. The van der Waals surface area contributed by atoms with E-state index in [0.29, 0.717) is 0 Å². The Kier molecular flexibility index (Phi) is 4.65. The van der Waals surface area contributed by atoms with E-state index in [1.54, 1.807) is 0 Å². The third-order valence-corrected chi connectivity index (χ3v) is 9.19. The first-order valence-electron chi connectivity index (χ1n) is 13.6. The molecule has 4 nitrogen and oxygen atoms in total. The molecule has 1 saturated heterocycles. The number of hydrogen-bond donors (Lipinski definition) is 0. The van der Waals surface area contributed by atoms with Gasteiger partial charge in [0.25, 0.3) is 0 Å². The molecule has 190 valence electrons. The topological polar surface area (TPSA) is 23.3 Å². The van der Waals surface area contributed by atoms with Crippen LogP contribution < -0.4 is 0 Å². The molecule has 0 spiro atoms. The number of fused-ring (bicyclic) bond motifs is 6. The van der Waals surface area contributed by atoms with Crippen molar-refractivity contribution in [1.29, 1.82) is 0 Å². The number of aliphatic imine (C=N–C) groups is 1. The molecule has 0 bridgehead atoms. The molecule has 9 rings (SSSR count). The molecule has 5 heteroatoms. The highest BCUT2D eigenvalue weighted by Gasteiger charge is 2.58. The third kappa shape index (κ3) is 3.13. The fraction of sp³-hybridized carbons (Fsp3) is 0.0571. The van der Waals surface area contributed by atoms with E-state index in [-0.39, 0.29) is 12.3 Å². The van der Waals surface area contributed by atoms with E-state index < -0.39 is 0 Å². The number of hydrazine groups is 1. The first-order chi connectivity index (χ1) is 19.9. The largest absolute Gasteiger partial charge is 0.279 e. The summed E-state index contributed by atoms with van der Waals surface area (Å²) in [6.07, 6.45) is 0.0564. The fourth-order valence-corrected chi connectivity index (χ4v) is 7.31. The lowest BCUT2D eigenvalue weighted by Crippen LogP contribution is -2.20. The van der Waals surface area contributed by atoms with Crippen LogP contribution >= 0.6 is 11.3 Å². The van der Waals surface area contributed by atoms with Gasteiger partial charge in [0.05, 0.1) is 11.0 Å². The smallest absolute Gasteiger partial charge is 0.224 e. The molecule has 0 N–H and O–H groups in total. The predicted octanol–water partition coefficient (Wildman–Crippen LogP) is 8.82. The lowest BCUT2D eigenvalue weighted by molar-refractivity contribution is 0.340. The van der Waals surface area contributed by atoms with Crippen molar-refractivity contribution in [3.63, 3.8) is 0 Å². The molecule has 7 aromatic rings. The number of hydrogen-bond acceptors (Lipinski definition) is 4. The summed E-state index contributed by atoms with van der Waals surface area (Å²) in [5.74, 6) is 0.980. The second kappa shape index (κ2) is 8.39. The Bertz CT molecular complexity index is 2070. The summed E-state index contributed by atoms with van der Waals surface area (Å²) in [5.41, 5.74) is 7.34. The van der Waals surface area contributed by atoms with Crippen LogP contribution in [0.3, 0.4) is 0 Å². The second-order valence-corrected chi connectivity index (χ2v) is 11.4. The predicted molar refractivity (Wildman–Crippen MR) is 165 cm³/mol. The Morgan fingerprint density at radius 3 is 2.15 bits per heavy atom. The Labute approximate surface area is 235 Å². The van der Waals surface area contributed by atoms with Crippen molar-refractivity contribution in [2.24, 2.45) is 4.99 Å². The van der Waals surface area contributed by atoms with Gasteiger partial charge in [0, 0.05) is 15.5 Å². The number of aromatic nitrogens is 1. The third-order valence-electron chi connectivity index (χ3n) is 8.24. The normalized spacial score (nSPS) is 19.9. The molecule has 1 fully saturated rings. The monoisotopic (exact) mass is 532 g/mol. The van der Waals surface area contributed by atoms with Crippen molar-refractivity contribution in [3.8, 4) is 11.1 Å². The van der Waals surface area contributed by atoms with Crippen molar-refractivity contribution >= 4 is 49.2 Å². The van der Waals surface area contributed by atoms with Crippen LogP contribution in [-0.4, -0.2) is 20.5 Å². The van der Waals surface area contributed by atoms with Crippen LogP contribution in [0.15, 0.2) is 138 Å². The minimum atomic E-state index is -0.0725. The Hall–Kier alpha value is -4.71. The molecule has 40 heavy (non-hydrogen) atoms. The minimum Gasteiger partial charge on any atom is -0.279 e. The van der Waals surface area contributed by atoms with Gasteiger partial charge in [-0.05, 0) is 51.2 Å². The van der Waals surface area contributed by atoms with Gasteiger partial charge in [-0.25, -0.2) is 10.0 Å². The van der Waals surface area contributed by atoms with Gasteiger partial charge in [-0.15, -0.1) is 11.3 Å². The molecule has 0 saturated carbocycles. The summed E-state index contributed by atoms with van der Waals surface area (Å²) < 4.78 is 3.71. The summed E-state index contributed by atoms with van der Waals surface area (Å²) in [5, 5.41) is 10.8. The quantitative estimate of drug-likeness (QED) is 0.212. The van der Waals surface area contributed by atoms with Crippen LogP contribution in [0.5, 0.6) is 0 Å². The van der Waals surface area contributed by atoms with E-state index >= 15 is 0 Å². The number of rotatable bonds is 3. The van der Waals surface area contributed by atoms with Crippen molar-refractivity contribution < 1.29 is 0 Å². The van der Waals surface area contributed by atoms with E-state index in [4.69, 9.17) is 4.99 Å². The van der Waals surface area contributed by atoms with Crippen molar-refractivity contribution in [2.45, 2.75) is 12.3 Å². The molecular weight excluding hydrogens is 508 g/mol. The highest BCUT2D eigenvalue weighted by Crippen LogP contribution is 2.54. The molecule has 2 aliphatic heterocycles.